The van der Waals surface area contributed by atoms with Crippen LogP contribution in [-0.2, 0) is 0 Å². The van der Waals surface area contributed by atoms with Gasteiger partial charge in [-0.05, 0) is 56.7 Å². The summed E-state index contributed by atoms with van der Waals surface area (Å²) >= 11 is 1.92. The lowest BCUT2D eigenvalue weighted by molar-refractivity contribution is 0.248. The van der Waals surface area contributed by atoms with Gasteiger partial charge in [0.25, 0.3) is 0 Å². The molecule has 15 heavy (non-hydrogen) atoms. The molecule has 0 bridgehead atoms. The van der Waals surface area contributed by atoms with Gasteiger partial charge in [0.15, 0.2) is 0 Å². The molecule has 2 N–H and O–H groups in total. The van der Waals surface area contributed by atoms with Gasteiger partial charge in [0, 0.05) is 6.61 Å². The summed E-state index contributed by atoms with van der Waals surface area (Å²) in [5.41, 5.74) is 0. The van der Waals surface area contributed by atoms with E-state index in [0.717, 1.165) is 19.5 Å². The summed E-state index contributed by atoms with van der Waals surface area (Å²) in [5.74, 6) is 1.94. The van der Waals surface area contributed by atoms with Crippen LogP contribution in [0, 0.1) is 5.92 Å². The van der Waals surface area contributed by atoms with E-state index in [4.69, 9.17) is 5.11 Å². The van der Waals surface area contributed by atoms with E-state index in [1.807, 2.05) is 11.8 Å². The third-order valence-corrected chi connectivity index (χ3v) is 3.32. The highest BCUT2D eigenvalue weighted by atomic mass is 32.2. The topological polar surface area (TPSA) is 32.3 Å². The Morgan fingerprint density at radius 2 is 2.07 bits per heavy atom. The fourth-order valence-electron chi connectivity index (χ4n) is 1.74. The van der Waals surface area contributed by atoms with Gasteiger partial charge < -0.3 is 10.4 Å². The first-order chi connectivity index (χ1) is 7.35. The van der Waals surface area contributed by atoms with Crippen LogP contribution in [0.15, 0.2) is 0 Å². The molecule has 1 atom stereocenters. The van der Waals surface area contributed by atoms with E-state index in [1.54, 1.807) is 0 Å². The monoisotopic (exact) mass is 233 g/mol. The Morgan fingerprint density at radius 3 is 2.67 bits per heavy atom. The predicted octanol–water partition coefficient (Wildman–Crippen LogP) is 2.52. The zero-order valence-electron chi connectivity index (χ0n) is 10.3. The largest absolute Gasteiger partial charge is 0.396 e. The average Bonchev–Trinajstić information content (AvgIpc) is 2.24. The molecule has 0 aliphatic rings. The van der Waals surface area contributed by atoms with Crippen LogP contribution in [0.1, 0.15) is 39.0 Å². The first kappa shape index (κ1) is 15.3. The smallest absolute Gasteiger partial charge is 0.0434 e. The molecule has 0 spiro atoms. The number of aliphatic hydroxyl groups is 1. The van der Waals surface area contributed by atoms with Crippen LogP contribution < -0.4 is 5.32 Å². The molecule has 0 fully saturated rings. The van der Waals surface area contributed by atoms with Crippen molar-refractivity contribution in [2.75, 3.05) is 31.7 Å². The minimum Gasteiger partial charge on any atom is -0.396 e. The van der Waals surface area contributed by atoms with Crippen molar-refractivity contribution in [3.05, 3.63) is 0 Å². The first-order valence-electron chi connectivity index (χ1n) is 6.15. The van der Waals surface area contributed by atoms with Crippen LogP contribution in [0.4, 0.5) is 0 Å². The van der Waals surface area contributed by atoms with Crippen molar-refractivity contribution < 1.29 is 5.11 Å². The number of thioether (sulfide) groups is 1. The second-order valence-electron chi connectivity index (χ2n) is 4.07. The maximum atomic E-state index is 8.91. The van der Waals surface area contributed by atoms with Gasteiger partial charge in [-0.15, -0.1) is 0 Å². The summed E-state index contributed by atoms with van der Waals surface area (Å²) in [7, 11) is 0. The lowest BCUT2D eigenvalue weighted by Crippen LogP contribution is -2.24. The van der Waals surface area contributed by atoms with Gasteiger partial charge in [0.2, 0.25) is 0 Å². The highest BCUT2D eigenvalue weighted by Crippen LogP contribution is 2.09. The summed E-state index contributed by atoms with van der Waals surface area (Å²) in [6.45, 7) is 4.75. The Balaban J connectivity index is 3.28. The van der Waals surface area contributed by atoms with Crippen molar-refractivity contribution in [3.8, 4) is 0 Å². The third kappa shape index (κ3) is 10.6. The Labute approximate surface area is 99.2 Å². The van der Waals surface area contributed by atoms with Crippen molar-refractivity contribution in [3.63, 3.8) is 0 Å². The van der Waals surface area contributed by atoms with Crippen molar-refractivity contribution in [1.82, 2.24) is 5.32 Å². The van der Waals surface area contributed by atoms with Crippen LogP contribution in [0.5, 0.6) is 0 Å². The van der Waals surface area contributed by atoms with Crippen molar-refractivity contribution in [2.45, 2.75) is 39.0 Å². The Bertz CT molecular complexity index is 116. The minimum atomic E-state index is 0.332. The molecule has 0 saturated heterocycles. The lowest BCUT2D eigenvalue weighted by atomic mass is 10.0. The zero-order chi connectivity index (χ0) is 11.4. The summed E-state index contributed by atoms with van der Waals surface area (Å²) < 4.78 is 0. The molecule has 92 valence electrons. The zero-order valence-corrected chi connectivity index (χ0v) is 11.1. The van der Waals surface area contributed by atoms with Gasteiger partial charge in [-0.2, -0.15) is 11.8 Å². The van der Waals surface area contributed by atoms with Crippen LogP contribution in [0.3, 0.4) is 0 Å². The number of hydrogen-bond donors (Lipinski definition) is 2. The molecule has 0 aromatic carbocycles. The van der Waals surface area contributed by atoms with E-state index in [9.17, 15) is 0 Å². The summed E-state index contributed by atoms with van der Waals surface area (Å²) in [5, 5.41) is 12.4. The Hall–Kier alpha value is 0.270. The first-order valence-corrected chi connectivity index (χ1v) is 7.55. The molecule has 0 aliphatic heterocycles. The van der Waals surface area contributed by atoms with Gasteiger partial charge >= 0.3 is 0 Å². The van der Waals surface area contributed by atoms with E-state index < -0.39 is 0 Å². The molecule has 0 rings (SSSR count). The minimum absolute atomic E-state index is 0.332. The lowest BCUT2D eigenvalue weighted by Gasteiger charge is -2.15. The van der Waals surface area contributed by atoms with Crippen LogP contribution in [-0.4, -0.2) is 36.8 Å². The molecule has 0 aromatic heterocycles. The molecular formula is C12H27NOS. The highest BCUT2D eigenvalue weighted by Gasteiger charge is 2.05. The van der Waals surface area contributed by atoms with Gasteiger partial charge in [0.1, 0.15) is 0 Å². The molecule has 0 amide bonds. The molecule has 0 radical (unpaired) electrons. The normalized spacial score (nSPS) is 13.0. The van der Waals surface area contributed by atoms with Crippen LogP contribution in [0.25, 0.3) is 0 Å². The van der Waals surface area contributed by atoms with Gasteiger partial charge in [-0.1, -0.05) is 13.3 Å². The number of nitrogens with one attached hydrogen (secondary N) is 1. The van der Waals surface area contributed by atoms with E-state index in [1.165, 1.54) is 31.4 Å². The molecule has 0 aliphatic carbocycles. The van der Waals surface area contributed by atoms with E-state index in [0.29, 0.717) is 12.5 Å². The Morgan fingerprint density at radius 1 is 1.27 bits per heavy atom. The molecule has 0 saturated carbocycles. The standard InChI is InChI=1S/C12H27NOS/c1-3-6-12(7-9-14)11-13-8-4-5-10-15-2/h12-14H,3-11H2,1-2H3. The second kappa shape index (κ2) is 12.3. The van der Waals surface area contributed by atoms with Gasteiger partial charge in [-0.25, -0.2) is 0 Å². The molecular weight excluding hydrogens is 206 g/mol. The fraction of sp³-hybridized carbons (Fsp3) is 1.00. The summed E-state index contributed by atoms with van der Waals surface area (Å²) in [6, 6.07) is 0. The molecule has 2 nitrogen and oxygen atoms in total. The second-order valence-corrected chi connectivity index (χ2v) is 5.06. The number of unbranched alkanes of at least 4 members (excludes halogenated alkanes) is 1. The van der Waals surface area contributed by atoms with Crippen molar-refractivity contribution in [1.29, 1.82) is 0 Å². The number of hydrogen-bond acceptors (Lipinski definition) is 3. The van der Waals surface area contributed by atoms with Crippen molar-refractivity contribution >= 4 is 11.8 Å². The maximum absolute atomic E-state index is 8.91. The van der Waals surface area contributed by atoms with E-state index >= 15 is 0 Å². The van der Waals surface area contributed by atoms with Gasteiger partial charge in [0.05, 0.1) is 0 Å². The molecule has 0 heterocycles. The van der Waals surface area contributed by atoms with Crippen molar-refractivity contribution in [2.24, 2.45) is 5.92 Å². The molecule has 0 aromatic rings. The maximum Gasteiger partial charge on any atom is 0.0434 e. The number of aliphatic hydroxyl groups excluding tert-OH is 1. The third-order valence-electron chi connectivity index (χ3n) is 2.62. The predicted molar refractivity (Wildman–Crippen MR) is 70.6 cm³/mol. The van der Waals surface area contributed by atoms with Crippen LogP contribution >= 0.6 is 11.8 Å². The van der Waals surface area contributed by atoms with Crippen LogP contribution in [0.2, 0.25) is 0 Å². The van der Waals surface area contributed by atoms with E-state index in [2.05, 4.69) is 18.5 Å². The summed E-state index contributed by atoms with van der Waals surface area (Å²) in [6.07, 6.45) is 8.15. The van der Waals surface area contributed by atoms with Gasteiger partial charge in [-0.3, -0.25) is 0 Å². The highest BCUT2D eigenvalue weighted by molar-refractivity contribution is 7.98. The Kier molecular flexibility index (Phi) is 12.6. The van der Waals surface area contributed by atoms with E-state index in [-0.39, 0.29) is 0 Å². The fourth-order valence-corrected chi connectivity index (χ4v) is 2.23. The molecule has 1 unspecified atom stereocenters. The quantitative estimate of drug-likeness (QED) is 0.538. The summed E-state index contributed by atoms with van der Waals surface area (Å²) in [4.78, 5) is 0. The molecule has 3 heteroatoms. The number of rotatable bonds is 11. The average molecular weight is 233 g/mol. The SMILES string of the molecule is CCCC(CCO)CNCCCCSC.